The highest BCUT2D eigenvalue weighted by Crippen LogP contribution is 2.34. The maximum absolute atomic E-state index is 13.1. The van der Waals surface area contributed by atoms with Gasteiger partial charge in [-0.1, -0.05) is 12.1 Å². The number of nitrogens with zero attached hydrogens (tertiary/aromatic N) is 1. The van der Waals surface area contributed by atoms with Crippen LogP contribution >= 0.6 is 23.7 Å². The zero-order chi connectivity index (χ0) is 17.3. The number of halogens is 2. The lowest BCUT2D eigenvalue weighted by Gasteiger charge is -2.37. The van der Waals surface area contributed by atoms with Crippen LogP contribution < -0.4 is 5.73 Å². The van der Waals surface area contributed by atoms with Crippen molar-refractivity contribution in [2.45, 2.75) is 45.2 Å². The average Bonchev–Trinajstić information content (AvgIpc) is 2.96. The van der Waals surface area contributed by atoms with E-state index in [9.17, 15) is 9.18 Å². The van der Waals surface area contributed by atoms with E-state index in [1.54, 1.807) is 12.1 Å². The van der Waals surface area contributed by atoms with E-state index in [0.29, 0.717) is 0 Å². The zero-order valence-electron chi connectivity index (χ0n) is 14.5. The molecule has 2 atom stereocenters. The van der Waals surface area contributed by atoms with Crippen molar-refractivity contribution in [3.05, 3.63) is 46.6 Å². The van der Waals surface area contributed by atoms with Gasteiger partial charge in [0.25, 0.3) is 5.91 Å². The van der Waals surface area contributed by atoms with Crippen LogP contribution in [-0.4, -0.2) is 29.4 Å². The van der Waals surface area contributed by atoms with Crippen LogP contribution in [0.15, 0.2) is 30.3 Å². The summed E-state index contributed by atoms with van der Waals surface area (Å²) in [5, 5.41) is 0. The summed E-state index contributed by atoms with van der Waals surface area (Å²) in [7, 11) is 0. The first kappa shape index (κ1) is 19.9. The highest BCUT2D eigenvalue weighted by atomic mass is 35.5. The second-order valence-electron chi connectivity index (χ2n) is 6.55. The molecule has 3 rings (SSSR count). The molecule has 136 valence electrons. The third-order valence-electron chi connectivity index (χ3n) is 4.65. The van der Waals surface area contributed by atoms with E-state index >= 15 is 0 Å². The molecular formula is C19H24ClFN2OS. The zero-order valence-corrected chi connectivity index (χ0v) is 16.1. The van der Waals surface area contributed by atoms with Crippen LogP contribution in [0.3, 0.4) is 0 Å². The minimum atomic E-state index is -0.252. The van der Waals surface area contributed by atoms with E-state index in [-0.39, 0.29) is 36.2 Å². The van der Waals surface area contributed by atoms with Crippen LogP contribution in [-0.2, 0) is 0 Å². The van der Waals surface area contributed by atoms with E-state index in [1.807, 2.05) is 24.8 Å². The van der Waals surface area contributed by atoms with Gasteiger partial charge in [0.1, 0.15) is 5.82 Å². The molecule has 0 bridgehead atoms. The molecule has 1 fully saturated rings. The third kappa shape index (κ3) is 4.22. The number of rotatable bonds is 3. The van der Waals surface area contributed by atoms with Gasteiger partial charge in [-0.15, -0.1) is 23.7 Å². The first-order valence-electron chi connectivity index (χ1n) is 8.40. The van der Waals surface area contributed by atoms with Gasteiger partial charge in [-0.25, -0.2) is 4.39 Å². The Labute approximate surface area is 158 Å². The molecule has 0 aliphatic carbocycles. The van der Waals surface area contributed by atoms with Crippen molar-refractivity contribution < 1.29 is 9.18 Å². The summed E-state index contributed by atoms with van der Waals surface area (Å²) in [5.74, 6) is -0.184. The maximum atomic E-state index is 13.1. The number of thiophene rings is 1. The summed E-state index contributed by atoms with van der Waals surface area (Å²) >= 11 is 1.48. The van der Waals surface area contributed by atoms with E-state index < -0.39 is 0 Å². The molecule has 1 saturated heterocycles. The quantitative estimate of drug-likeness (QED) is 0.841. The summed E-state index contributed by atoms with van der Waals surface area (Å²) in [6.45, 7) is 4.74. The molecular weight excluding hydrogens is 359 g/mol. The molecule has 0 radical (unpaired) electrons. The molecule has 2 N–H and O–H groups in total. The normalized spacial score (nSPS) is 18.6. The summed E-state index contributed by atoms with van der Waals surface area (Å²) < 4.78 is 13.1. The van der Waals surface area contributed by atoms with Gasteiger partial charge in [-0.2, -0.15) is 0 Å². The lowest BCUT2D eigenvalue weighted by molar-refractivity contribution is 0.0589. The monoisotopic (exact) mass is 382 g/mol. The number of aryl methyl sites for hydroxylation is 1. The molecule has 1 aliphatic heterocycles. The molecule has 2 unspecified atom stereocenters. The fourth-order valence-electron chi connectivity index (χ4n) is 3.37. The summed E-state index contributed by atoms with van der Waals surface area (Å²) in [6.07, 6.45) is 3.13. The number of hydrogen-bond donors (Lipinski definition) is 1. The molecule has 3 nitrogen and oxygen atoms in total. The standard InChI is InChI=1S/C19H23FN2OS.ClH/c1-12-11-17(24-18(12)14-6-8-15(20)9-7-14)19(23)22-10-4-3-5-16(22)13(2)21;/h6-9,11,13,16H,3-5,10,21H2,1-2H3;1H. The predicted molar refractivity (Wildman–Crippen MR) is 104 cm³/mol. The van der Waals surface area contributed by atoms with Crippen LogP contribution in [0.5, 0.6) is 0 Å². The van der Waals surface area contributed by atoms with Crippen LogP contribution in [0.1, 0.15) is 41.4 Å². The van der Waals surface area contributed by atoms with Crippen molar-refractivity contribution in [2.24, 2.45) is 5.73 Å². The number of carbonyl (C=O) groups excluding carboxylic acids is 1. The summed E-state index contributed by atoms with van der Waals surface area (Å²) in [6, 6.07) is 8.45. The number of nitrogens with two attached hydrogens (primary N) is 1. The first-order chi connectivity index (χ1) is 11.5. The minimum absolute atomic E-state index is 0. The highest BCUT2D eigenvalue weighted by molar-refractivity contribution is 7.17. The van der Waals surface area contributed by atoms with Crippen molar-refractivity contribution in [1.82, 2.24) is 4.90 Å². The van der Waals surface area contributed by atoms with E-state index in [0.717, 1.165) is 46.7 Å². The van der Waals surface area contributed by atoms with Crippen LogP contribution in [0.4, 0.5) is 4.39 Å². The molecule has 25 heavy (non-hydrogen) atoms. The highest BCUT2D eigenvalue weighted by Gasteiger charge is 2.30. The smallest absolute Gasteiger partial charge is 0.264 e. The van der Waals surface area contributed by atoms with Gasteiger partial charge in [0.15, 0.2) is 0 Å². The van der Waals surface area contributed by atoms with Crippen molar-refractivity contribution in [3.8, 4) is 10.4 Å². The Kier molecular flexibility index (Phi) is 6.60. The van der Waals surface area contributed by atoms with Gasteiger partial charge in [0.2, 0.25) is 0 Å². The lowest BCUT2D eigenvalue weighted by atomic mass is 9.96. The Morgan fingerprint density at radius 3 is 2.64 bits per heavy atom. The fourth-order valence-corrected chi connectivity index (χ4v) is 4.51. The fraction of sp³-hybridized carbons (Fsp3) is 0.421. The van der Waals surface area contributed by atoms with Gasteiger partial charge in [-0.05, 0) is 62.4 Å². The summed E-state index contributed by atoms with van der Waals surface area (Å²) in [5.41, 5.74) is 8.08. The number of likely N-dealkylation sites (tertiary alicyclic amines) is 1. The Bertz CT molecular complexity index is 730. The van der Waals surface area contributed by atoms with Crippen molar-refractivity contribution in [2.75, 3.05) is 6.54 Å². The van der Waals surface area contributed by atoms with Crippen LogP contribution in [0.25, 0.3) is 10.4 Å². The average molecular weight is 383 g/mol. The van der Waals surface area contributed by atoms with E-state index in [1.165, 1.54) is 23.5 Å². The van der Waals surface area contributed by atoms with Gasteiger partial charge >= 0.3 is 0 Å². The Balaban J connectivity index is 0.00000225. The SMILES string of the molecule is Cc1cc(C(=O)N2CCCCC2C(C)N)sc1-c1ccc(F)cc1.Cl. The second kappa shape index (κ2) is 8.30. The third-order valence-corrected chi connectivity index (χ3v) is 5.93. The van der Waals surface area contributed by atoms with E-state index in [4.69, 9.17) is 5.73 Å². The first-order valence-corrected chi connectivity index (χ1v) is 9.22. The second-order valence-corrected chi connectivity index (χ2v) is 7.60. The number of carbonyl (C=O) groups is 1. The van der Waals surface area contributed by atoms with Crippen molar-refractivity contribution >= 4 is 29.7 Å². The Morgan fingerprint density at radius 1 is 1.32 bits per heavy atom. The predicted octanol–water partition coefficient (Wildman–Crippen LogP) is 4.63. The van der Waals surface area contributed by atoms with Gasteiger partial charge in [0.05, 0.1) is 4.88 Å². The largest absolute Gasteiger partial charge is 0.333 e. The molecule has 1 amide bonds. The number of piperidine rings is 1. The van der Waals surface area contributed by atoms with E-state index in [2.05, 4.69) is 0 Å². The van der Waals surface area contributed by atoms with Crippen LogP contribution in [0.2, 0.25) is 0 Å². The molecule has 6 heteroatoms. The summed E-state index contributed by atoms with van der Waals surface area (Å²) in [4.78, 5) is 16.7. The molecule has 2 aromatic rings. The molecule has 0 spiro atoms. The lowest BCUT2D eigenvalue weighted by Crippen LogP contribution is -2.51. The van der Waals surface area contributed by atoms with Gasteiger partial charge < -0.3 is 10.6 Å². The minimum Gasteiger partial charge on any atom is -0.333 e. The van der Waals surface area contributed by atoms with Crippen molar-refractivity contribution in [1.29, 1.82) is 0 Å². The molecule has 1 aromatic carbocycles. The molecule has 0 saturated carbocycles. The molecule has 1 aromatic heterocycles. The molecule has 1 aliphatic rings. The number of hydrogen-bond acceptors (Lipinski definition) is 3. The van der Waals surface area contributed by atoms with Gasteiger partial charge in [-0.3, -0.25) is 4.79 Å². The van der Waals surface area contributed by atoms with Crippen molar-refractivity contribution in [3.63, 3.8) is 0 Å². The molecule has 2 heterocycles. The Hall–Kier alpha value is -1.43. The number of benzene rings is 1. The van der Waals surface area contributed by atoms with Crippen LogP contribution in [0, 0.1) is 12.7 Å². The maximum Gasteiger partial charge on any atom is 0.264 e. The number of amides is 1. The van der Waals surface area contributed by atoms with Gasteiger partial charge in [0, 0.05) is 23.5 Å². The topological polar surface area (TPSA) is 46.3 Å². The Morgan fingerprint density at radius 2 is 2.00 bits per heavy atom.